The lowest BCUT2D eigenvalue weighted by Crippen LogP contribution is -1.98. The second-order valence-electron chi connectivity index (χ2n) is 4.50. The fraction of sp³-hybridized carbons (Fsp3) is 0.143. The van der Waals surface area contributed by atoms with Gasteiger partial charge in [0.05, 0.1) is 11.2 Å². The maximum absolute atomic E-state index is 5.44. The number of aryl methyl sites for hydroxylation is 2. The summed E-state index contributed by atoms with van der Waals surface area (Å²) < 4.78 is 3.66. The number of rotatable bonds is 1. The van der Waals surface area contributed by atoms with Gasteiger partial charge in [0, 0.05) is 10.7 Å². The molecular formula is C14H12BrN3S. The van der Waals surface area contributed by atoms with E-state index in [1.165, 1.54) is 5.56 Å². The zero-order valence-electron chi connectivity index (χ0n) is 10.6. The van der Waals surface area contributed by atoms with Crippen LogP contribution in [0.4, 0.5) is 0 Å². The van der Waals surface area contributed by atoms with E-state index >= 15 is 0 Å². The van der Waals surface area contributed by atoms with Crippen LogP contribution in [0, 0.1) is 18.6 Å². The first-order valence-corrected chi connectivity index (χ1v) is 7.11. The van der Waals surface area contributed by atoms with E-state index in [-0.39, 0.29) is 0 Å². The van der Waals surface area contributed by atoms with Crippen molar-refractivity contribution in [2.75, 3.05) is 0 Å². The molecule has 5 heteroatoms. The lowest BCUT2D eigenvalue weighted by Gasteiger charge is -2.08. The van der Waals surface area contributed by atoms with Gasteiger partial charge in [-0.2, -0.15) is 0 Å². The van der Waals surface area contributed by atoms with Crippen LogP contribution >= 0.6 is 28.1 Å². The van der Waals surface area contributed by atoms with Crippen LogP contribution in [0.1, 0.15) is 11.1 Å². The summed E-state index contributed by atoms with van der Waals surface area (Å²) in [5.74, 6) is 0. The van der Waals surface area contributed by atoms with Crippen molar-refractivity contribution >= 4 is 39.3 Å². The molecule has 0 spiro atoms. The summed E-state index contributed by atoms with van der Waals surface area (Å²) in [6.07, 6.45) is 1.81. The molecular weight excluding hydrogens is 322 g/mol. The lowest BCUT2D eigenvalue weighted by molar-refractivity contribution is 1.03. The molecule has 0 bridgehead atoms. The lowest BCUT2D eigenvalue weighted by atomic mass is 10.2. The molecule has 1 aromatic carbocycles. The quantitative estimate of drug-likeness (QED) is 0.667. The third-order valence-corrected chi connectivity index (χ3v) is 4.51. The molecule has 0 atom stereocenters. The highest BCUT2D eigenvalue weighted by molar-refractivity contribution is 9.10. The molecule has 0 aliphatic rings. The number of benzene rings is 1. The monoisotopic (exact) mass is 333 g/mol. The topological polar surface area (TPSA) is 33.6 Å². The molecule has 0 aliphatic carbocycles. The van der Waals surface area contributed by atoms with Gasteiger partial charge in [-0.05, 0) is 65.3 Å². The average Bonchev–Trinajstić information content (AvgIpc) is 2.71. The molecule has 0 amide bonds. The minimum absolute atomic E-state index is 0.656. The number of hydrogen-bond donors (Lipinski definition) is 1. The number of halogens is 1. The molecule has 0 saturated heterocycles. The highest BCUT2D eigenvalue weighted by Gasteiger charge is 2.12. The maximum Gasteiger partial charge on any atom is 0.184 e. The molecule has 3 nitrogen and oxygen atoms in total. The second-order valence-corrected chi connectivity index (χ2v) is 5.68. The predicted molar refractivity (Wildman–Crippen MR) is 83.4 cm³/mol. The van der Waals surface area contributed by atoms with Gasteiger partial charge in [0.15, 0.2) is 10.4 Å². The first-order chi connectivity index (χ1) is 9.09. The van der Waals surface area contributed by atoms with Crippen molar-refractivity contribution in [3.63, 3.8) is 0 Å². The summed E-state index contributed by atoms with van der Waals surface area (Å²) in [6, 6.07) is 8.09. The van der Waals surface area contributed by atoms with E-state index in [1.807, 2.05) is 29.7 Å². The summed E-state index contributed by atoms with van der Waals surface area (Å²) in [6.45, 7) is 4.11. The van der Waals surface area contributed by atoms with E-state index < -0.39 is 0 Å². The van der Waals surface area contributed by atoms with Crippen LogP contribution in [0.5, 0.6) is 0 Å². The molecule has 0 radical (unpaired) electrons. The molecule has 0 unspecified atom stereocenters. The van der Waals surface area contributed by atoms with Crippen molar-refractivity contribution in [1.82, 2.24) is 14.5 Å². The Morgan fingerprint density at radius 1 is 1.21 bits per heavy atom. The van der Waals surface area contributed by atoms with Crippen molar-refractivity contribution in [2.45, 2.75) is 13.8 Å². The van der Waals surface area contributed by atoms with Crippen LogP contribution in [0.25, 0.3) is 16.9 Å². The van der Waals surface area contributed by atoms with Crippen molar-refractivity contribution in [3.05, 3.63) is 50.8 Å². The highest BCUT2D eigenvalue weighted by atomic mass is 79.9. The number of nitrogens with one attached hydrogen (secondary N) is 1. The summed E-state index contributed by atoms with van der Waals surface area (Å²) >= 11 is 9.08. The van der Waals surface area contributed by atoms with Gasteiger partial charge in [0.25, 0.3) is 0 Å². The number of H-pyrrole nitrogens is 1. The van der Waals surface area contributed by atoms with E-state index in [9.17, 15) is 0 Å². The number of nitrogens with zero attached hydrogens (tertiary/aromatic N) is 2. The van der Waals surface area contributed by atoms with Gasteiger partial charge in [-0.3, -0.25) is 4.57 Å². The number of imidazole rings is 1. The fourth-order valence-electron chi connectivity index (χ4n) is 2.16. The van der Waals surface area contributed by atoms with E-state index in [0.29, 0.717) is 4.77 Å². The first-order valence-electron chi connectivity index (χ1n) is 5.91. The standard InChI is InChI=1S/C14H12BrN3S/c1-8-4-3-5-10(11(8)15)18-13-12(17-14(18)19)9(2)6-7-16-13/h3-7H,1-2H3,(H,17,19). The molecule has 0 saturated carbocycles. The number of aromatic nitrogens is 3. The summed E-state index contributed by atoms with van der Waals surface area (Å²) in [7, 11) is 0. The Bertz CT molecular complexity index is 832. The molecule has 0 aliphatic heterocycles. The molecule has 2 aromatic heterocycles. The third-order valence-electron chi connectivity index (χ3n) is 3.20. The van der Waals surface area contributed by atoms with Crippen LogP contribution in [0.15, 0.2) is 34.9 Å². The Hall–Kier alpha value is -1.46. The minimum Gasteiger partial charge on any atom is -0.329 e. The van der Waals surface area contributed by atoms with Gasteiger partial charge in [0.1, 0.15) is 0 Å². The van der Waals surface area contributed by atoms with Crippen LogP contribution < -0.4 is 0 Å². The van der Waals surface area contributed by atoms with Gasteiger partial charge < -0.3 is 4.98 Å². The molecule has 0 fully saturated rings. The molecule has 2 heterocycles. The smallest absolute Gasteiger partial charge is 0.184 e. The minimum atomic E-state index is 0.656. The Kier molecular flexibility index (Phi) is 3.03. The Morgan fingerprint density at radius 3 is 2.79 bits per heavy atom. The average molecular weight is 334 g/mol. The van der Waals surface area contributed by atoms with Gasteiger partial charge in [-0.1, -0.05) is 12.1 Å². The van der Waals surface area contributed by atoms with Crippen LogP contribution in [-0.4, -0.2) is 14.5 Å². The normalized spacial score (nSPS) is 11.1. The molecule has 96 valence electrons. The number of pyridine rings is 1. The Labute approximate surface area is 124 Å². The zero-order chi connectivity index (χ0) is 13.6. The SMILES string of the molecule is Cc1cccc(-n2c(=S)[nH]c3c(C)ccnc32)c1Br. The van der Waals surface area contributed by atoms with Gasteiger partial charge in [-0.15, -0.1) is 0 Å². The van der Waals surface area contributed by atoms with E-state index in [1.54, 1.807) is 6.20 Å². The zero-order valence-corrected chi connectivity index (χ0v) is 13.0. The van der Waals surface area contributed by atoms with E-state index in [2.05, 4.69) is 38.9 Å². The van der Waals surface area contributed by atoms with Crippen LogP contribution in [0.2, 0.25) is 0 Å². The molecule has 1 N–H and O–H groups in total. The van der Waals surface area contributed by atoms with Gasteiger partial charge in [0.2, 0.25) is 0 Å². The Morgan fingerprint density at radius 2 is 2.00 bits per heavy atom. The maximum atomic E-state index is 5.44. The predicted octanol–water partition coefficient (Wildman–Crippen LogP) is 4.46. The summed E-state index contributed by atoms with van der Waals surface area (Å²) in [5.41, 5.74) is 5.16. The molecule has 3 aromatic rings. The second kappa shape index (κ2) is 4.58. The van der Waals surface area contributed by atoms with E-state index in [0.717, 1.165) is 26.9 Å². The van der Waals surface area contributed by atoms with E-state index in [4.69, 9.17) is 12.2 Å². The van der Waals surface area contributed by atoms with Crippen molar-refractivity contribution in [3.8, 4) is 5.69 Å². The number of aromatic amines is 1. The highest BCUT2D eigenvalue weighted by Crippen LogP contribution is 2.28. The molecule has 19 heavy (non-hydrogen) atoms. The van der Waals surface area contributed by atoms with Crippen molar-refractivity contribution in [2.24, 2.45) is 0 Å². The molecule has 3 rings (SSSR count). The van der Waals surface area contributed by atoms with Crippen molar-refractivity contribution in [1.29, 1.82) is 0 Å². The summed E-state index contributed by atoms with van der Waals surface area (Å²) in [5, 5.41) is 0. The van der Waals surface area contributed by atoms with Crippen LogP contribution in [-0.2, 0) is 0 Å². The van der Waals surface area contributed by atoms with Crippen molar-refractivity contribution < 1.29 is 0 Å². The largest absolute Gasteiger partial charge is 0.329 e. The summed E-state index contributed by atoms with van der Waals surface area (Å²) in [4.78, 5) is 7.69. The Balaban J connectivity index is 2.44. The van der Waals surface area contributed by atoms with Crippen LogP contribution in [0.3, 0.4) is 0 Å². The fourth-order valence-corrected chi connectivity index (χ4v) is 2.88. The number of fused-ring (bicyclic) bond motifs is 1. The van der Waals surface area contributed by atoms with Gasteiger partial charge >= 0.3 is 0 Å². The number of hydrogen-bond acceptors (Lipinski definition) is 2. The third kappa shape index (κ3) is 1.93. The first kappa shape index (κ1) is 12.6. The van der Waals surface area contributed by atoms with Gasteiger partial charge in [-0.25, -0.2) is 4.98 Å².